The lowest BCUT2D eigenvalue weighted by Gasteiger charge is -2.14. The van der Waals surface area contributed by atoms with E-state index in [9.17, 15) is 14.4 Å². The van der Waals surface area contributed by atoms with Crippen molar-refractivity contribution in [3.8, 4) is 0 Å². The molecule has 1 atom stereocenters. The number of urea groups is 1. The number of aryl methyl sites for hydroxylation is 1. The number of carbonyl (C=O) groups is 3. The second kappa shape index (κ2) is 7.88. The fraction of sp³-hybridized carbons (Fsp3) is 0.357. The van der Waals surface area contributed by atoms with Gasteiger partial charge in [0.15, 0.2) is 0 Å². The molecule has 4 N–H and O–H groups in total. The number of carbonyl (C=O) groups excluding carboxylic acids is 1. The first-order valence-electron chi connectivity index (χ1n) is 6.49. The van der Waals surface area contributed by atoms with Gasteiger partial charge in [-0.05, 0) is 17.5 Å². The van der Waals surface area contributed by atoms with Crippen LogP contribution in [-0.4, -0.2) is 34.2 Å². The zero-order valence-electron chi connectivity index (χ0n) is 11.6. The molecule has 0 heterocycles. The topological polar surface area (TPSA) is 116 Å². The lowest BCUT2D eigenvalue weighted by Crippen LogP contribution is -2.46. The lowest BCUT2D eigenvalue weighted by atomic mass is 10.1. The predicted octanol–water partition coefficient (Wildman–Crippen LogP) is 0.976. The molecule has 0 aromatic heterocycles. The minimum atomic E-state index is -1.45. The molecular formula is C14H18N2O5. The number of hydrogen-bond acceptors (Lipinski definition) is 3. The SMILES string of the molecule is CCc1ccccc1CNC(=O)NC(CC(=O)O)C(=O)O. The normalized spacial score (nSPS) is 11.5. The van der Waals surface area contributed by atoms with Gasteiger partial charge in [0.2, 0.25) is 0 Å². The number of amides is 2. The van der Waals surface area contributed by atoms with Crippen LogP contribution in [0.4, 0.5) is 4.79 Å². The predicted molar refractivity (Wildman–Crippen MR) is 74.9 cm³/mol. The molecule has 7 heteroatoms. The first-order valence-corrected chi connectivity index (χ1v) is 6.49. The van der Waals surface area contributed by atoms with Crippen molar-refractivity contribution >= 4 is 18.0 Å². The molecule has 114 valence electrons. The maximum Gasteiger partial charge on any atom is 0.326 e. The summed E-state index contributed by atoms with van der Waals surface area (Å²) >= 11 is 0. The summed E-state index contributed by atoms with van der Waals surface area (Å²) in [5.74, 6) is -2.68. The Hall–Kier alpha value is -2.57. The average Bonchev–Trinajstić information content (AvgIpc) is 2.44. The van der Waals surface area contributed by atoms with E-state index in [4.69, 9.17) is 10.2 Å². The fourth-order valence-electron chi connectivity index (χ4n) is 1.83. The molecule has 21 heavy (non-hydrogen) atoms. The first-order chi connectivity index (χ1) is 9.93. The molecule has 0 fully saturated rings. The van der Waals surface area contributed by atoms with Crippen LogP contribution < -0.4 is 10.6 Å². The van der Waals surface area contributed by atoms with Crippen LogP contribution in [0.3, 0.4) is 0 Å². The first kappa shape index (κ1) is 16.5. The highest BCUT2D eigenvalue weighted by molar-refractivity contribution is 5.86. The second-order valence-electron chi connectivity index (χ2n) is 4.44. The highest BCUT2D eigenvalue weighted by Gasteiger charge is 2.22. The number of aliphatic carboxylic acids is 2. The molecule has 0 radical (unpaired) electrons. The van der Waals surface area contributed by atoms with Crippen molar-refractivity contribution in [2.75, 3.05) is 0 Å². The van der Waals surface area contributed by atoms with E-state index in [-0.39, 0.29) is 6.54 Å². The summed E-state index contributed by atoms with van der Waals surface area (Å²) in [6.45, 7) is 2.24. The van der Waals surface area contributed by atoms with Gasteiger partial charge in [-0.1, -0.05) is 31.2 Å². The van der Waals surface area contributed by atoms with Gasteiger partial charge in [0.1, 0.15) is 6.04 Å². The highest BCUT2D eigenvalue weighted by Crippen LogP contribution is 2.08. The maximum atomic E-state index is 11.6. The molecule has 1 aromatic rings. The number of nitrogens with one attached hydrogen (secondary N) is 2. The molecule has 0 aliphatic heterocycles. The Morgan fingerprint density at radius 1 is 1.14 bits per heavy atom. The van der Waals surface area contributed by atoms with Gasteiger partial charge in [-0.15, -0.1) is 0 Å². The van der Waals surface area contributed by atoms with E-state index in [0.717, 1.165) is 17.5 Å². The molecule has 0 saturated heterocycles. The number of carboxylic acids is 2. The molecule has 1 unspecified atom stereocenters. The molecule has 0 aliphatic rings. The zero-order valence-corrected chi connectivity index (χ0v) is 11.6. The zero-order chi connectivity index (χ0) is 15.8. The van der Waals surface area contributed by atoms with E-state index in [0.29, 0.717) is 0 Å². The van der Waals surface area contributed by atoms with Crippen LogP contribution in [0.25, 0.3) is 0 Å². The number of carboxylic acid groups (broad SMARTS) is 2. The van der Waals surface area contributed by atoms with Gasteiger partial charge in [-0.2, -0.15) is 0 Å². The summed E-state index contributed by atoms with van der Waals surface area (Å²) in [4.78, 5) is 33.0. The monoisotopic (exact) mass is 294 g/mol. The van der Waals surface area contributed by atoms with Crippen molar-refractivity contribution in [2.24, 2.45) is 0 Å². The van der Waals surface area contributed by atoms with Crippen molar-refractivity contribution in [3.63, 3.8) is 0 Å². The summed E-state index contributed by atoms with van der Waals surface area (Å²) in [7, 11) is 0. The third-order valence-corrected chi connectivity index (χ3v) is 2.92. The standard InChI is InChI=1S/C14H18N2O5/c1-2-9-5-3-4-6-10(9)8-15-14(21)16-11(13(19)20)7-12(17)18/h3-6,11H,2,7-8H2,1H3,(H,17,18)(H,19,20)(H2,15,16,21). The van der Waals surface area contributed by atoms with Crippen LogP contribution in [0.15, 0.2) is 24.3 Å². The van der Waals surface area contributed by atoms with Crippen molar-refractivity contribution in [1.29, 1.82) is 0 Å². The van der Waals surface area contributed by atoms with Gasteiger partial charge in [-0.3, -0.25) is 4.79 Å². The van der Waals surface area contributed by atoms with Gasteiger partial charge in [0, 0.05) is 6.54 Å². The molecule has 1 rings (SSSR count). The van der Waals surface area contributed by atoms with Crippen LogP contribution in [0.5, 0.6) is 0 Å². The summed E-state index contributed by atoms with van der Waals surface area (Å²) in [5.41, 5.74) is 2.01. The van der Waals surface area contributed by atoms with Gasteiger partial charge in [-0.25, -0.2) is 9.59 Å². The second-order valence-corrected chi connectivity index (χ2v) is 4.44. The van der Waals surface area contributed by atoms with Crippen molar-refractivity contribution < 1.29 is 24.6 Å². The Bertz CT molecular complexity index is 530. The van der Waals surface area contributed by atoms with Crippen LogP contribution in [-0.2, 0) is 22.6 Å². The van der Waals surface area contributed by atoms with Crippen LogP contribution in [0, 0.1) is 0 Å². The molecular weight excluding hydrogens is 276 g/mol. The van der Waals surface area contributed by atoms with Gasteiger partial charge in [0.05, 0.1) is 6.42 Å². The molecule has 0 bridgehead atoms. The summed E-state index contributed by atoms with van der Waals surface area (Å²) in [6, 6.07) is 5.39. The minimum absolute atomic E-state index is 0.245. The van der Waals surface area contributed by atoms with E-state index < -0.39 is 30.4 Å². The van der Waals surface area contributed by atoms with Crippen molar-refractivity contribution in [3.05, 3.63) is 35.4 Å². The Kier molecular flexibility index (Phi) is 6.19. The van der Waals surface area contributed by atoms with Gasteiger partial charge in [0.25, 0.3) is 0 Å². The van der Waals surface area contributed by atoms with E-state index in [1.165, 1.54) is 0 Å². The van der Waals surface area contributed by atoms with Gasteiger partial charge < -0.3 is 20.8 Å². The lowest BCUT2D eigenvalue weighted by molar-refractivity contribution is -0.145. The Morgan fingerprint density at radius 3 is 2.29 bits per heavy atom. The van der Waals surface area contributed by atoms with Crippen LogP contribution in [0.2, 0.25) is 0 Å². The number of hydrogen-bond donors (Lipinski definition) is 4. The minimum Gasteiger partial charge on any atom is -0.481 e. The Morgan fingerprint density at radius 2 is 1.76 bits per heavy atom. The molecule has 0 aliphatic carbocycles. The van der Waals surface area contributed by atoms with Crippen molar-refractivity contribution in [2.45, 2.75) is 32.4 Å². The van der Waals surface area contributed by atoms with E-state index in [1.807, 2.05) is 31.2 Å². The van der Waals surface area contributed by atoms with Gasteiger partial charge >= 0.3 is 18.0 Å². The Labute approximate surface area is 122 Å². The maximum absolute atomic E-state index is 11.6. The van der Waals surface area contributed by atoms with Crippen LogP contribution in [0.1, 0.15) is 24.5 Å². The molecule has 0 spiro atoms. The van der Waals surface area contributed by atoms with E-state index in [1.54, 1.807) is 0 Å². The highest BCUT2D eigenvalue weighted by atomic mass is 16.4. The largest absolute Gasteiger partial charge is 0.481 e. The van der Waals surface area contributed by atoms with E-state index in [2.05, 4.69) is 10.6 Å². The fourth-order valence-corrected chi connectivity index (χ4v) is 1.83. The van der Waals surface area contributed by atoms with E-state index >= 15 is 0 Å². The number of rotatable bonds is 7. The summed E-state index contributed by atoms with van der Waals surface area (Å²) in [5, 5.41) is 22.1. The summed E-state index contributed by atoms with van der Waals surface area (Å²) < 4.78 is 0. The Balaban J connectivity index is 2.56. The summed E-state index contributed by atoms with van der Waals surface area (Å²) in [6.07, 6.45) is 0.143. The molecule has 2 amide bonds. The van der Waals surface area contributed by atoms with Crippen molar-refractivity contribution in [1.82, 2.24) is 10.6 Å². The number of benzene rings is 1. The third kappa shape index (κ3) is 5.52. The van der Waals surface area contributed by atoms with Crippen LogP contribution >= 0.6 is 0 Å². The molecule has 0 saturated carbocycles. The quantitative estimate of drug-likeness (QED) is 0.598. The molecule has 7 nitrogen and oxygen atoms in total. The smallest absolute Gasteiger partial charge is 0.326 e. The third-order valence-electron chi connectivity index (χ3n) is 2.92. The molecule has 1 aromatic carbocycles. The average molecular weight is 294 g/mol.